The van der Waals surface area contributed by atoms with Gasteiger partial charge in [-0.1, -0.05) is 6.07 Å². The topological polar surface area (TPSA) is 86.1 Å². The number of ether oxygens (including phenoxy) is 3. The predicted molar refractivity (Wildman–Crippen MR) is 109 cm³/mol. The number of hydrogen-bond donors (Lipinski definition) is 0. The minimum Gasteiger partial charge on any atom is -0.452 e. The molecule has 1 saturated heterocycles. The van der Waals surface area contributed by atoms with Gasteiger partial charge in [0, 0.05) is 11.8 Å². The smallest absolute Gasteiger partial charge is 0.414 e. The maximum Gasteiger partial charge on any atom is 0.414 e. The van der Waals surface area contributed by atoms with Crippen molar-refractivity contribution in [3.63, 3.8) is 0 Å². The Morgan fingerprint density at radius 2 is 1.93 bits per heavy atom. The summed E-state index contributed by atoms with van der Waals surface area (Å²) in [5, 5.41) is 4.46. The van der Waals surface area contributed by atoms with E-state index in [1.807, 2.05) is 42.2 Å². The van der Waals surface area contributed by atoms with Crippen molar-refractivity contribution in [1.82, 2.24) is 9.78 Å². The lowest BCUT2D eigenvalue weighted by atomic mass is 10.0. The second kappa shape index (κ2) is 7.32. The quantitative estimate of drug-likeness (QED) is 0.770. The summed E-state index contributed by atoms with van der Waals surface area (Å²) in [5.41, 5.74) is 3.11. The number of aromatic nitrogens is 2. The van der Waals surface area contributed by atoms with Crippen molar-refractivity contribution < 1.29 is 23.8 Å². The second-order valence-electron chi connectivity index (χ2n) is 7.99. The summed E-state index contributed by atoms with van der Waals surface area (Å²) in [4.78, 5) is 28.5. The minimum atomic E-state index is -0.460. The summed E-state index contributed by atoms with van der Waals surface area (Å²) in [6.45, 7) is 3.01. The summed E-state index contributed by atoms with van der Waals surface area (Å²) >= 11 is 0. The van der Waals surface area contributed by atoms with Crippen molar-refractivity contribution in [1.29, 1.82) is 0 Å². The van der Waals surface area contributed by atoms with Crippen LogP contribution in [-0.2, 0) is 14.2 Å². The first-order valence-electron chi connectivity index (χ1n) is 10.2. The third-order valence-corrected chi connectivity index (χ3v) is 5.74. The van der Waals surface area contributed by atoms with Crippen LogP contribution in [0.25, 0.3) is 11.1 Å². The van der Waals surface area contributed by atoms with Crippen LogP contribution in [0.3, 0.4) is 0 Å². The third kappa shape index (κ3) is 3.28. The lowest BCUT2D eigenvalue weighted by Gasteiger charge is -2.40. The number of fused-ring (bicyclic) bond motifs is 1. The second-order valence-corrected chi connectivity index (χ2v) is 7.99. The molecular formula is C21H24N4O5. The van der Waals surface area contributed by atoms with Crippen molar-refractivity contribution in [3.8, 4) is 11.1 Å². The average Bonchev–Trinajstić information content (AvgIpc) is 3.45. The number of carbonyl (C=O) groups is 2. The minimum absolute atomic E-state index is 0.227. The van der Waals surface area contributed by atoms with Gasteiger partial charge < -0.3 is 14.2 Å². The van der Waals surface area contributed by atoms with Crippen LogP contribution in [0.1, 0.15) is 25.8 Å². The normalized spacial score (nSPS) is 21.1. The van der Waals surface area contributed by atoms with E-state index in [0.717, 1.165) is 24.0 Å². The Morgan fingerprint density at radius 1 is 1.13 bits per heavy atom. The molecule has 2 aliphatic heterocycles. The number of carbonyl (C=O) groups excluding carboxylic acids is 2. The van der Waals surface area contributed by atoms with Crippen LogP contribution in [0.4, 0.5) is 21.0 Å². The highest BCUT2D eigenvalue weighted by Gasteiger charge is 2.38. The highest BCUT2D eigenvalue weighted by atomic mass is 16.6. The van der Waals surface area contributed by atoms with E-state index in [0.29, 0.717) is 37.2 Å². The van der Waals surface area contributed by atoms with Crippen LogP contribution in [0.2, 0.25) is 0 Å². The highest BCUT2D eigenvalue weighted by molar-refractivity contribution is 6.01. The fourth-order valence-electron chi connectivity index (χ4n) is 3.87. The largest absolute Gasteiger partial charge is 0.452 e. The number of hydrogen-bond acceptors (Lipinski definition) is 6. The molecule has 1 aromatic heterocycles. The average molecular weight is 412 g/mol. The number of amides is 2. The van der Waals surface area contributed by atoms with Gasteiger partial charge in [-0.25, -0.2) is 9.59 Å². The monoisotopic (exact) mass is 412 g/mol. The highest BCUT2D eigenvalue weighted by Crippen LogP contribution is 2.40. The predicted octanol–water partition coefficient (Wildman–Crippen LogP) is 3.20. The Kier molecular flexibility index (Phi) is 4.62. The molecule has 0 N–H and O–H groups in total. The molecule has 30 heavy (non-hydrogen) atoms. The zero-order valence-corrected chi connectivity index (χ0v) is 17.0. The lowest BCUT2D eigenvalue weighted by molar-refractivity contribution is -0.0965. The van der Waals surface area contributed by atoms with Crippen molar-refractivity contribution in [2.45, 2.75) is 38.0 Å². The molecule has 3 aliphatic rings. The molecule has 158 valence electrons. The van der Waals surface area contributed by atoms with Crippen LogP contribution in [-0.4, -0.2) is 61.0 Å². The zero-order valence-electron chi connectivity index (χ0n) is 17.0. The first kappa shape index (κ1) is 18.9. The molecule has 3 heterocycles. The van der Waals surface area contributed by atoms with E-state index in [4.69, 9.17) is 14.2 Å². The van der Waals surface area contributed by atoms with Crippen LogP contribution >= 0.6 is 0 Å². The van der Waals surface area contributed by atoms with Crippen LogP contribution in [0.15, 0.2) is 30.6 Å². The lowest BCUT2D eigenvalue weighted by Crippen LogP contribution is -2.53. The molecule has 2 amide bonds. The summed E-state index contributed by atoms with van der Waals surface area (Å²) in [5.74, 6) is 0. The van der Waals surface area contributed by atoms with Gasteiger partial charge in [-0.05, 0) is 37.5 Å². The van der Waals surface area contributed by atoms with E-state index < -0.39 is 12.2 Å². The van der Waals surface area contributed by atoms with Crippen molar-refractivity contribution in [2.75, 3.05) is 36.7 Å². The van der Waals surface area contributed by atoms with Gasteiger partial charge in [-0.2, -0.15) is 5.10 Å². The molecular weight excluding hydrogens is 388 g/mol. The number of rotatable bonds is 3. The Balaban J connectivity index is 1.52. The van der Waals surface area contributed by atoms with Crippen molar-refractivity contribution in [3.05, 3.63) is 30.6 Å². The van der Waals surface area contributed by atoms with Gasteiger partial charge in [0.15, 0.2) is 6.10 Å². The number of benzene rings is 1. The summed E-state index contributed by atoms with van der Waals surface area (Å²) in [6, 6.07) is 5.91. The van der Waals surface area contributed by atoms with Gasteiger partial charge in [-0.3, -0.25) is 14.5 Å². The van der Waals surface area contributed by atoms with E-state index in [1.165, 1.54) is 7.11 Å². The van der Waals surface area contributed by atoms with Crippen LogP contribution < -0.4 is 9.80 Å². The van der Waals surface area contributed by atoms with Gasteiger partial charge in [0.2, 0.25) is 0 Å². The molecule has 0 unspecified atom stereocenters. The van der Waals surface area contributed by atoms with E-state index >= 15 is 0 Å². The standard InChI is InChI=1S/C21H24N4O5/c1-13-9-23(20(26)30-17-11-29-12-17)19-7-14(3-6-18(19)25(13)21(27)28-2)15-8-22-24(10-15)16-4-5-16/h3,6-8,10,13,16-17H,4-5,9,11-12H2,1-2H3/t13-/m0/s1. The maximum atomic E-state index is 12.9. The number of nitrogens with zero attached hydrogens (tertiary/aromatic N) is 4. The first-order chi connectivity index (χ1) is 14.5. The molecule has 1 saturated carbocycles. The van der Waals surface area contributed by atoms with Gasteiger partial charge in [-0.15, -0.1) is 0 Å². The van der Waals surface area contributed by atoms with E-state index in [1.54, 1.807) is 9.80 Å². The molecule has 9 heteroatoms. The van der Waals surface area contributed by atoms with Gasteiger partial charge in [0.1, 0.15) is 0 Å². The van der Waals surface area contributed by atoms with Gasteiger partial charge >= 0.3 is 12.2 Å². The van der Waals surface area contributed by atoms with E-state index in [-0.39, 0.29) is 12.1 Å². The molecule has 0 radical (unpaired) electrons. The fourth-order valence-corrected chi connectivity index (χ4v) is 3.87. The molecule has 1 atom stereocenters. The number of methoxy groups -OCH3 is 1. The molecule has 5 rings (SSSR count). The Morgan fingerprint density at radius 3 is 2.60 bits per heavy atom. The molecule has 0 bridgehead atoms. The van der Waals surface area contributed by atoms with Crippen molar-refractivity contribution in [2.24, 2.45) is 0 Å². The first-order valence-corrected chi connectivity index (χ1v) is 10.2. The van der Waals surface area contributed by atoms with E-state index in [9.17, 15) is 9.59 Å². The summed E-state index contributed by atoms with van der Waals surface area (Å²) in [7, 11) is 1.35. The SMILES string of the molecule is COC(=O)N1c2ccc(-c3cnn(C4CC4)c3)cc2N(C(=O)OC2COC2)C[C@@H]1C. The molecule has 1 aromatic carbocycles. The molecule has 2 fully saturated rings. The van der Waals surface area contributed by atoms with Crippen LogP contribution in [0, 0.1) is 0 Å². The third-order valence-electron chi connectivity index (χ3n) is 5.74. The van der Waals surface area contributed by atoms with Crippen molar-refractivity contribution >= 4 is 23.6 Å². The molecule has 0 spiro atoms. The summed E-state index contributed by atoms with van der Waals surface area (Å²) < 4.78 is 17.6. The number of anilines is 2. The molecule has 9 nitrogen and oxygen atoms in total. The van der Waals surface area contributed by atoms with Gasteiger partial charge in [0.25, 0.3) is 0 Å². The van der Waals surface area contributed by atoms with E-state index in [2.05, 4.69) is 5.10 Å². The molecule has 1 aliphatic carbocycles. The molecule has 2 aromatic rings. The zero-order chi connectivity index (χ0) is 20.8. The van der Waals surface area contributed by atoms with Gasteiger partial charge in [0.05, 0.1) is 56.5 Å². The Bertz CT molecular complexity index is 982. The fraction of sp³-hybridized carbons (Fsp3) is 0.476. The maximum absolute atomic E-state index is 12.9. The Hall–Kier alpha value is -3.07. The Labute approximate surface area is 174 Å². The summed E-state index contributed by atoms with van der Waals surface area (Å²) in [6.07, 6.45) is 5.04. The van der Waals surface area contributed by atoms with Crippen LogP contribution in [0.5, 0.6) is 0 Å².